The summed E-state index contributed by atoms with van der Waals surface area (Å²) in [5.41, 5.74) is 0.520. The number of hydrogen-bond donors (Lipinski definition) is 2. The monoisotopic (exact) mass is 269 g/mol. The molecule has 7 heteroatoms. The molecule has 0 aliphatic carbocycles. The number of aryl methyl sites for hydroxylation is 1. The molecule has 0 bridgehead atoms. The van der Waals surface area contributed by atoms with Crippen molar-refractivity contribution in [2.75, 3.05) is 18.4 Å². The van der Waals surface area contributed by atoms with Crippen LogP contribution in [0, 0.1) is 6.92 Å². The minimum absolute atomic E-state index is 0.0883. The molecule has 0 saturated carbocycles. The zero-order valence-corrected chi connectivity index (χ0v) is 10.9. The van der Waals surface area contributed by atoms with Gasteiger partial charge in [0.05, 0.1) is 5.69 Å². The standard InChI is InChI=1S/C11H15N3O3S/c1-7-8(10(15)16)9(18-13-7)12-11(17)14-5-3-2-4-6-14/h2-6H2,1H3,(H,12,17)(H,15,16). The third-order valence-electron chi connectivity index (χ3n) is 2.94. The summed E-state index contributed by atoms with van der Waals surface area (Å²) in [6, 6.07) is -0.235. The van der Waals surface area contributed by atoms with E-state index in [4.69, 9.17) is 5.11 Å². The summed E-state index contributed by atoms with van der Waals surface area (Å²) < 4.78 is 3.96. The van der Waals surface area contributed by atoms with Crippen LogP contribution < -0.4 is 5.32 Å². The lowest BCUT2D eigenvalue weighted by Gasteiger charge is -2.26. The summed E-state index contributed by atoms with van der Waals surface area (Å²) in [7, 11) is 0. The average Bonchev–Trinajstić information content (AvgIpc) is 2.71. The highest BCUT2D eigenvalue weighted by atomic mass is 32.1. The lowest BCUT2D eigenvalue weighted by Crippen LogP contribution is -2.38. The van der Waals surface area contributed by atoms with Crippen LogP contribution in [0.1, 0.15) is 35.3 Å². The van der Waals surface area contributed by atoms with Crippen molar-refractivity contribution in [3.63, 3.8) is 0 Å². The maximum absolute atomic E-state index is 12.0. The number of nitrogens with zero attached hydrogens (tertiary/aromatic N) is 2. The van der Waals surface area contributed by atoms with Gasteiger partial charge in [0.25, 0.3) is 0 Å². The number of likely N-dealkylation sites (tertiary alicyclic amines) is 1. The van der Waals surface area contributed by atoms with E-state index in [1.54, 1.807) is 11.8 Å². The Kier molecular flexibility index (Phi) is 3.81. The first-order valence-corrected chi connectivity index (χ1v) is 6.62. The predicted molar refractivity (Wildman–Crippen MR) is 68.3 cm³/mol. The van der Waals surface area contributed by atoms with Crippen molar-refractivity contribution in [3.8, 4) is 0 Å². The molecule has 1 aromatic rings. The molecule has 2 N–H and O–H groups in total. The average molecular weight is 269 g/mol. The minimum atomic E-state index is -1.06. The van der Waals surface area contributed by atoms with E-state index in [9.17, 15) is 9.59 Å². The first-order chi connectivity index (χ1) is 8.59. The zero-order chi connectivity index (χ0) is 13.1. The third kappa shape index (κ3) is 2.61. The number of hydrogen-bond acceptors (Lipinski definition) is 4. The number of carboxylic acids is 1. The van der Waals surface area contributed by atoms with Gasteiger partial charge in [-0.2, -0.15) is 4.37 Å². The molecule has 98 valence electrons. The van der Waals surface area contributed by atoms with Gasteiger partial charge in [0.2, 0.25) is 0 Å². The van der Waals surface area contributed by atoms with Crippen LogP contribution >= 0.6 is 11.5 Å². The maximum atomic E-state index is 12.0. The molecule has 1 aliphatic heterocycles. The second kappa shape index (κ2) is 5.34. The highest BCUT2D eigenvalue weighted by Gasteiger charge is 2.22. The van der Waals surface area contributed by atoms with Crippen LogP contribution in [0.5, 0.6) is 0 Å². The van der Waals surface area contributed by atoms with Crippen LogP contribution in [-0.4, -0.2) is 39.5 Å². The van der Waals surface area contributed by atoms with Gasteiger partial charge in [0.15, 0.2) is 0 Å². The van der Waals surface area contributed by atoms with Crippen LogP contribution in [0.3, 0.4) is 0 Å². The molecule has 6 nitrogen and oxygen atoms in total. The number of anilines is 1. The second-order valence-electron chi connectivity index (χ2n) is 4.26. The molecular formula is C11H15N3O3S. The van der Waals surface area contributed by atoms with Gasteiger partial charge in [-0.25, -0.2) is 9.59 Å². The molecule has 2 rings (SSSR count). The predicted octanol–water partition coefficient (Wildman–Crippen LogP) is 2.17. The van der Waals surface area contributed by atoms with E-state index in [1.165, 1.54) is 0 Å². The van der Waals surface area contributed by atoms with E-state index in [1.807, 2.05) is 0 Å². The summed E-state index contributed by atoms with van der Waals surface area (Å²) in [5.74, 6) is -1.06. The molecule has 2 heterocycles. The lowest BCUT2D eigenvalue weighted by molar-refractivity contribution is 0.0697. The Morgan fingerprint density at radius 2 is 2.00 bits per heavy atom. The van der Waals surface area contributed by atoms with E-state index >= 15 is 0 Å². The van der Waals surface area contributed by atoms with Crippen molar-refractivity contribution >= 4 is 28.5 Å². The van der Waals surface area contributed by atoms with Crippen molar-refractivity contribution in [3.05, 3.63) is 11.3 Å². The number of carboxylic acid groups (broad SMARTS) is 1. The topological polar surface area (TPSA) is 82.5 Å². The fourth-order valence-electron chi connectivity index (χ4n) is 1.98. The second-order valence-corrected chi connectivity index (χ2v) is 5.03. The van der Waals surface area contributed by atoms with Crippen LogP contribution in [0.2, 0.25) is 0 Å². The van der Waals surface area contributed by atoms with E-state index in [0.29, 0.717) is 10.7 Å². The van der Waals surface area contributed by atoms with Gasteiger partial charge in [-0.1, -0.05) is 0 Å². The minimum Gasteiger partial charge on any atom is -0.478 e. The van der Waals surface area contributed by atoms with Crippen molar-refractivity contribution < 1.29 is 14.7 Å². The Morgan fingerprint density at radius 1 is 1.33 bits per heavy atom. The Balaban J connectivity index is 2.09. The van der Waals surface area contributed by atoms with Crippen molar-refractivity contribution in [1.29, 1.82) is 0 Å². The molecule has 0 spiro atoms. The summed E-state index contributed by atoms with van der Waals surface area (Å²) in [6.07, 6.45) is 3.14. The van der Waals surface area contributed by atoms with Crippen LogP contribution in [0.4, 0.5) is 9.80 Å². The number of aromatic carboxylic acids is 1. The van der Waals surface area contributed by atoms with Crippen LogP contribution in [0.15, 0.2) is 0 Å². The molecule has 0 aromatic carbocycles. The number of amides is 2. The third-order valence-corrected chi connectivity index (χ3v) is 3.79. The smallest absolute Gasteiger partial charge is 0.340 e. The molecule has 18 heavy (non-hydrogen) atoms. The molecule has 1 aromatic heterocycles. The van der Waals surface area contributed by atoms with E-state index in [-0.39, 0.29) is 11.6 Å². The Hall–Kier alpha value is -1.63. The Labute approximate surface area is 109 Å². The molecule has 1 aliphatic rings. The summed E-state index contributed by atoms with van der Waals surface area (Å²) in [6.45, 7) is 3.08. The highest BCUT2D eigenvalue weighted by Crippen LogP contribution is 2.25. The SMILES string of the molecule is Cc1nsc(NC(=O)N2CCCCC2)c1C(=O)O. The lowest BCUT2D eigenvalue weighted by atomic mass is 10.1. The zero-order valence-electron chi connectivity index (χ0n) is 10.1. The van der Waals surface area contributed by atoms with Gasteiger partial charge in [0, 0.05) is 13.1 Å². The number of piperidine rings is 1. The Morgan fingerprint density at radius 3 is 2.61 bits per heavy atom. The maximum Gasteiger partial charge on any atom is 0.340 e. The van der Waals surface area contributed by atoms with Gasteiger partial charge < -0.3 is 10.0 Å². The van der Waals surface area contributed by atoms with Crippen LogP contribution in [-0.2, 0) is 0 Å². The van der Waals surface area contributed by atoms with Crippen molar-refractivity contribution in [2.24, 2.45) is 0 Å². The van der Waals surface area contributed by atoms with E-state index in [2.05, 4.69) is 9.69 Å². The number of carbonyl (C=O) groups is 2. The number of aromatic nitrogens is 1. The largest absolute Gasteiger partial charge is 0.478 e. The molecule has 0 atom stereocenters. The van der Waals surface area contributed by atoms with E-state index < -0.39 is 5.97 Å². The van der Waals surface area contributed by atoms with Crippen molar-refractivity contribution in [2.45, 2.75) is 26.2 Å². The Bertz CT molecular complexity index is 466. The van der Waals surface area contributed by atoms with Crippen molar-refractivity contribution in [1.82, 2.24) is 9.27 Å². The number of urea groups is 1. The first kappa shape index (κ1) is 12.8. The highest BCUT2D eigenvalue weighted by molar-refractivity contribution is 7.11. The van der Waals surface area contributed by atoms with Gasteiger partial charge >= 0.3 is 12.0 Å². The molecule has 1 fully saturated rings. The van der Waals surface area contributed by atoms with Gasteiger partial charge in [-0.3, -0.25) is 5.32 Å². The fourth-order valence-corrected chi connectivity index (χ4v) is 2.76. The van der Waals surface area contributed by atoms with Gasteiger partial charge in [-0.15, -0.1) is 0 Å². The molecule has 2 amide bonds. The normalized spacial score (nSPS) is 15.5. The molecule has 0 unspecified atom stereocenters. The molecule has 1 saturated heterocycles. The molecule has 0 radical (unpaired) electrons. The summed E-state index contributed by atoms with van der Waals surface area (Å²) in [5, 5.41) is 12.0. The summed E-state index contributed by atoms with van der Waals surface area (Å²) in [4.78, 5) is 24.7. The molecular weight excluding hydrogens is 254 g/mol. The van der Waals surface area contributed by atoms with Gasteiger partial charge in [0.1, 0.15) is 10.6 Å². The van der Waals surface area contributed by atoms with Crippen LogP contribution in [0.25, 0.3) is 0 Å². The first-order valence-electron chi connectivity index (χ1n) is 5.85. The number of nitrogens with one attached hydrogen (secondary N) is 1. The number of rotatable bonds is 2. The van der Waals surface area contributed by atoms with E-state index in [0.717, 1.165) is 43.9 Å². The quantitative estimate of drug-likeness (QED) is 0.862. The fraction of sp³-hybridized carbons (Fsp3) is 0.545. The summed E-state index contributed by atoms with van der Waals surface area (Å²) >= 11 is 1.01. The van der Waals surface area contributed by atoms with Gasteiger partial charge in [-0.05, 0) is 37.7 Å². The number of carbonyl (C=O) groups excluding carboxylic acids is 1.